The molecule has 5 aromatic rings. The Morgan fingerprint density at radius 3 is 2.60 bits per heavy atom. The first kappa shape index (κ1) is 27.8. The number of ether oxygens (including phenoxy) is 1. The fraction of sp³-hybridized carbons (Fsp3) is 0.207. The highest BCUT2D eigenvalue weighted by Crippen LogP contribution is 2.35. The van der Waals surface area contributed by atoms with Crippen LogP contribution in [0.4, 0.5) is 20.3 Å². The number of benzene rings is 2. The van der Waals surface area contributed by atoms with Crippen molar-refractivity contribution in [2.75, 3.05) is 17.2 Å². The molecule has 1 aliphatic carbocycles. The number of anilines is 2. The molecule has 0 bridgehead atoms. The van der Waals surface area contributed by atoms with Crippen molar-refractivity contribution in [3.63, 3.8) is 0 Å². The van der Waals surface area contributed by atoms with Crippen LogP contribution in [0.3, 0.4) is 0 Å². The highest BCUT2D eigenvalue weighted by molar-refractivity contribution is 6.04. The molecular weight excluding hydrogens is 564 g/mol. The van der Waals surface area contributed by atoms with Gasteiger partial charge >= 0.3 is 5.69 Å². The summed E-state index contributed by atoms with van der Waals surface area (Å²) in [7, 11) is 0. The third-order valence-corrected chi connectivity index (χ3v) is 6.87. The first-order chi connectivity index (χ1) is 20.7. The second kappa shape index (κ2) is 11.1. The van der Waals surface area contributed by atoms with E-state index in [2.05, 4.69) is 25.8 Å². The van der Waals surface area contributed by atoms with Crippen LogP contribution in [0.15, 0.2) is 70.5 Å². The number of pyridine rings is 1. The number of nitrogens with zero attached hydrogens (tertiary/aromatic N) is 4. The molecule has 0 aliphatic heterocycles. The Morgan fingerprint density at radius 2 is 1.91 bits per heavy atom. The summed E-state index contributed by atoms with van der Waals surface area (Å²) in [6.45, 7) is 1.61. The maximum absolute atomic E-state index is 15.2. The van der Waals surface area contributed by atoms with Gasteiger partial charge in [0.15, 0.2) is 23.0 Å². The summed E-state index contributed by atoms with van der Waals surface area (Å²) >= 11 is 0. The quantitative estimate of drug-likeness (QED) is 0.203. The molecule has 1 atom stereocenters. The minimum atomic E-state index is -0.895. The first-order valence-corrected chi connectivity index (χ1v) is 13.4. The molecule has 4 N–H and O–H groups in total. The van der Waals surface area contributed by atoms with Gasteiger partial charge in [-0.05, 0) is 56.2 Å². The molecule has 1 aliphatic rings. The monoisotopic (exact) mass is 589 g/mol. The second-order valence-corrected chi connectivity index (χ2v) is 10.1. The van der Waals surface area contributed by atoms with E-state index in [1.54, 1.807) is 6.92 Å². The predicted molar refractivity (Wildman–Crippen MR) is 153 cm³/mol. The Morgan fingerprint density at radius 1 is 1.14 bits per heavy atom. The zero-order valence-corrected chi connectivity index (χ0v) is 22.7. The number of H-pyrrole nitrogens is 1. The fourth-order valence-electron chi connectivity index (χ4n) is 4.53. The van der Waals surface area contributed by atoms with E-state index in [1.165, 1.54) is 47.3 Å². The third kappa shape index (κ3) is 5.47. The van der Waals surface area contributed by atoms with Gasteiger partial charge in [0.05, 0.1) is 12.3 Å². The van der Waals surface area contributed by atoms with Crippen LogP contribution >= 0.6 is 0 Å². The lowest BCUT2D eigenvalue weighted by Gasteiger charge is -2.14. The number of aliphatic hydroxyl groups excluding tert-OH is 1. The highest BCUT2D eigenvalue weighted by atomic mass is 19.1. The Balaban J connectivity index is 1.28. The zero-order valence-electron chi connectivity index (χ0n) is 22.7. The normalized spacial score (nSPS) is 13.6. The average molecular weight is 590 g/mol. The Kier molecular flexibility index (Phi) is 7.19. The van der Waals surface area contributed by atoms with E-state index < -0.39 is 28.8 Å². The molecule has 0 radical (unpaired) electrons. The van der Waals surface area contributed by atoms with Crippen LogP contribution in [0, 0.1) is 11.6 Å². The summed E-state index contributed by atoms with van der Waals surface area (Å²) in [6.07, 6.45) is 4.07. The summed E-state index contributed by atoms with van der Waals surface area (Å²) < 4.78 is 36.7. The molecule has 0 spiro atoms. The van der Waals surface area contributed by atoms with Crippen molar-refractivity contribution in [3.05, 3.63) is 99.0 Å². The number of hydrogen-bond donors (Lipinski definition) is 4. The van der Waals surface area contributed by atoms with Crippen molar-refractivity contribution in [3.8, 4) is 17.2 Å². The van der Waals surface area contributed by atoms with Crippen molar-refractivity contribution in [1.29, 1.82) is 0 Å². The van der Waals surface area contributed by atoms with E-state index in [-0.39, 0.29) is 47.1 Å². The molecule has 3 aromatic heterocycles. The second-order valence-electron chi connectivity index (χ2n) is 10.1. The number of carbonyl (C=O) groups excluding carboxylic acids is 1. The van der Waals surface area contributed by atoms with Crippen LogP contribution in [0.25, 0.3) is 16.7 Å². The maximum atomic E-state index is 15.2. The van der Waals surface area contributed by atoms with Gasteiger partial charge in [0.25, 0.3) is 11.5 Å². The van der Waals surface area contributed by atoms with Gasteiger partial charge in [-0.15, -0.1) is 0 Å². The van der Waals surface area contributed by atoms with Crippen molar-refractivity contribution in [2.24, 2.45) is 0 Å². The highest BCUT2D eigenvalue weighted by Gasteiger charge is 2.29. The van der Waals surface area contributed by atoms with E-state index >= 15 is 4.39 Å². The minimum Gasteiger partial charge on any atom is -0.453 e. The topological polar surface area (TPSA) is 156 Å². The average Bonchev–Trinajstić information content (AvgIpc) is 3.75. The summed E-state index contributed by atoms with van der Waals surface area (Å²) in [4.78, 5) is 43.8. The van der Waals surface area contributed by atoms with E-state index in [4.69, 9.17) is 4.74 Å². The predicted octanol–water partition coefficient (Wildman–Crippen LogP) is 3.72. The van der Waals surface area contributed by atoms with Gasteiger partial charge in [0, 0.05) is 42.3 Å². The van der Waals surface area contributed by atoms with Gasteiger partial charge in [-0.2, -0.15) is 5.10 Å². The van der Waals surface area contributed by atoms with Gasteiger partial charge < -0.3 is 20.5 Å². The third-order valence-electron chi connectivity index (χ3n) is 6.87. The molecule has 220 valence electrons. The number of aliphatic hydroxyl groups is 1. The zero-order chi connectivity index (χ0) is 30.2. The van der Waals surface area contributed by atoms with Crippen molar-refractivity contribution < 1.29 is 23.4 Å². The summed E-state index contributed by atoms with van der Waals surface area (Å²) in [6, 6.07) is 9.55. The molecular formula is C29H25F2N7O5. The largest absolute Gasteiger partial charge is 0.453 e. The standard InChI is InChI=1S/C29H25F2N7O5/c1-15(14-39)33-26-24-23(10-11-32-25(24)35-36-26)43-22-9-4-17(12-21(22)31)34-27(40)20-13-37(18-7-8-18)29(42)38(28(20)41)19-5-2-16(30)3-6-19/h2-6,9-13,15,18,39H,7-8,14H2,1H3,(H,34,40)(H2,32,33,35,36)/t15-/m0/s1. The van der Waals surface area contributed by atoms with Gasteiger partial charge in [0.1, 0.15) is 22.5 Å². The SMILES string of the molecule is C[C@@H](CO)Nc1n[nH]c2nccc(Oc3ccc(NC(=O)c4cn(C5CC5)c(=O)n(-c5ccc(F)cc5)c4=O)cc3F)c12. The molecule has 43 heavy (non-hydrogen) atoms. The smallest absolute Gasteiger partial charge is 0.335 e. The van der Waals surface area contributed by atoms with Crippen LogP contribution in [0.1, 0.15) is 36.2 Å². The van der Waals surface area contributed by atoms with E-state index in [1.807, 2.05) is 0 Å². The van der Waals surface area contributed by atoms with Gasteiger partial charge in [-0.3, -0.25) is 19.3 Å². The molecule has 14 heteroatoms. The molecule has 1 saturated carbocycles. The maximum Gasteiger partial charge on any atom is 0.335 e. The lowest BCUT2D eigenvalue weighted by molar-refractivity contribution is 0.102. The lowest BCUT2D eigenvalue weighted by atomic mass is 10.2. The summed E-state index contributed by atoms with van der Waals surface area (Å²) in [5.41, 5.74) is -1.35. The number of halogens is 2. The van der Waals surface area contributed by atoms with E-state index in [9.17, 15) is 23.9 Å². The van der Waals surface area contributed by atoms with Gasteiger partial charge in [-0.25, -0.2) is 23.1 Å². The number of nitrogens with one attached hydrogen (secondary N) is 3. The lowest BCUT2D eigenvalue weighted by Crippen LogP contribution is -2.42. The first-order valence-electron chi connectivity index (χ1n) is 13.4. The van der Waals surface area contributed by atoms with Crippen molar-refractivity contribution >= 4 is 28.4 Å². The van der Waals surface area contributed by atoms with Crippen LogP contribution in [0.2, 0.25) is 0 Å². The molecule has 0 saturated heterocycles. The molecule has 12 nitrogen and oxygen atoms in total. The number of aromatic nitrogens is 5. The van der Waals surface area contributed by atoms with Gasteiger partial charge in [-0.1, -0.05) is 0 Å². The number of aromatic amines is 1. The van der Waals surface area contributed by atoms with Crippen LogP contribution < -0.4 is 26.6 Å². The van der Waals surface area contributed by atoms with Gasteiger partial charge in [0.2, 0.25) is 0 Å². The molecule has 1 amide bonds. The number of rotatable bonds is 9. The molecule has 0 unspecified atom stereocenters. The number of fused-ring (bicyclic) bond motifs is 1. The summed E-state index contributed by atoms with van der Waals surface area (Å²) in [5.74, 6) is -1.76. The number of hydrogen-bond acceptors (Lipinski definition) is 8. The fourth-order valence-corrected chi connectivity index (χ4v) is 4.53. The molecule has 1 fully saturated rings. The Hall–Kier alpha value is -5.37. The van der Waals surface area contributed by atoms with Crippen LogP contribution in [-0.2, 0) is 0 Å². The molecule has 3 heterocycles. The number of carbonyl (C=O) groups is 1. The molecule has 2 aromatic carbocycles. The van der Waals surface area contributed by atoms with E-state index in [0.29, 0.717) is 29.7 Å². The Labute approximate surface area is 241 Å². The van der Waals surface area contributed by atoms with Crippen molar-refractivity contribution in [1.82, 2.24) is 24.3 Å². The summed E-state index contributed by atoms with van der Waals surface area (Å²) in [5, 5.41) is 22.3. The van der Waals surface area contributed by atoms with Crippen LogP contribution in [0.5, 0.6) is 11.5 Å². The van der Waals surface area contributed by atoms with Crippen LogP contribution in [-0.4, -0.2) is 48.0 Å². The molecule has 6 rings (SSSR count). The Bertz CT molecular complexity index is 1970. The van der Waals surface area contributed by atoms with Crippen molar-refractivity contribution in [2.45, 2.75) is 31.8 Å². The number of amides is 1. The van der Waals surface area contributed by atoms with E-state index in [0.717, 1.165) is 22.8 Å². The minimum absolute atomic E-state index is 0.0362.